The fourth-order valence-electron chi connectivity index (χ4n) is 5.79. The number of aryl methyl sites for hydroxylation is 1. The molecule has 1 saturated carbocycles. The summed E-state index contributed by atoms with van der Waals surface area (Å²) in [7, 11) is 1.88. The lowest BCUT2D eigenvalue weighted by Gasteiger charge is -2.27. The summed E-state index contributed by atoms with van der Waals surface area (Å²) < 4.78 is 29.2. The Morgan fingerprint density at radius 3 is 2.81 bits per heavy atom. The predicted molar refractivity (Wildman–Crippen MR) is 153 cm³/mol. The number of carbonyl (C=O) groups is 2. The van der Waals surface area contributed by atoms with Gasteiger partial charge >= 0.3 is 12.2 Å². The molecule has 14 heteroatoms. The Bertz CT molecular complexity index is 1280. The van der Waals surface area contributed by atoms with Crippen LogP contribution >= 0.6 is 0 Å². The second-order valence-electron chi connectivity index (χ2n) is 11.2. The standard InChI is InChI=1S/C28H41N7O7/c1-5-39-28(37)41-16-35-23(18-6-7-19(12-18)42-27(36)30-17(2)3)13-24(33-35)31-26-25-21(8-10-29-26)22(32-34(25)4)15-40-20-9-11-38-14-20/h8,10,17-20,23H,5-7,9,11-16H2,1-4H3,(H,30,36)(H,29,31,33). The van der Waals surface area contributed by atoms with Crippen LogP contribution in [0, 0.1) is 5.92 Å². The van der Waals surface area contributed by atoms with Gasteiger partial charge in [-0.05, 0) is 58.4 Å². The van der Waals surface area contributed by atoms with Crippen LogP contribution in [0.1, 0.15) is 58.6 Å². The van der Waals surface area contributed by atoms with E-state index in [0.29, 0.717) is 37.7 Å². The molecule has 2 aliphatic heterocycles. The van der Waals surface area contributed by atoms with Crippen LogP contribution in [0.15, 0.2) is 17.4 Å². The summed E-state index contributed by atoms with van der Waals surface area (Å²) in [5, 5.41) is 18.4. The number of ether oxygens (including phenoxy) is 5. The molecule has 1 amide bonds. The largest absolute Gasteiger partial charge is 0.510 e. The van der Waals surface area contributed by atoms with Gasteiger partial charge in [0.15, 0.2) is 12.5 Å². The normalized spacial score (nSPS) is 23.8. The van der Waals surface area contributed by atoms with Crippen molar-refractivity contribution >= 4 is 34.8 Å². The number of amidine groups is 1. The molecule has 42 heavy (non-hydrogen) atoms. The summed E-state index contributed by atoms with van der Waals surface area (Å²) in [4.78, 5) is 28.7. The average molecular weight is 588 g/mol. The van der Waals surface area contributed by atoms with Crippen LogP contribution < -0.4 is 10.6 Å². The second kappa shape index (κ2) is 13.6. The Hall–Kier alpha value is -3.65. The zero-order valence-corrected chi connectivity index (χ0v) is 24.7. The summed E-state index contributed by atoms with van der Waals surface area (Å²) in [5.74, 6) is 1.50. The van der Waals surface area contributed by atoms with Gasteiger partial charge in [-0.1, -0.05) is 0 Å². The van der Waals surface area contributed by atoms with Crippen LogP contribution in [0.3, 0.4) is 0 Å². The number of amides is 1. The van der Waals surface area contributed by atoms with Gasteiger partial charge in [-0.25, -0.2) is 14.6 Å². The maximum atomic E-state index is 12.2. The number of hydrogen-bond acceptors (Lipinski definition) is 12. The van der Waals surface area contributed by atoms with Crippen molar-refractivity contribution in [2.75, 3.05) is 31.9 Å². The van der Waals surface area contributed by atoms with E-state index in [4.69, 9.17) is 33.9 Å². The number of hydrazone groups is 1. The number of pyridine rings is 1. The Morgan fingerprint density at radius 1 is 1.19 bits per heavy atom. The molecule has 4 unspecified atom stereocenters. The highest BCUT2D eigenvalue weighted by atomic mass is 16.7. The van der Waals surface area contributed by atoms with Crippen LogP contribution in [-0.4, -0.2) is 88.7 Å². The first kappa shape index (κ1) is 29.8. The van der Waals surface area contributed by atoms with Gasteiger partial charge in [0.2, 0.25) is 0 Å². The third-order valence-electron chi connectivity index (χ3n) is 7.70. The Balaban J connectivity index is 1.28. The summed E-state index contributed by atoms with van der Waals surface area (Å²) in [6.45, 7) is 7.39. The quantitative estimate of drug-likeness (QED) is 0.393. The number of carbonyl (C=O) groups excluding carboxylic acids is 2. The highest BCUT2D eigenvalue weighted by Gasteiger charge is 2.40. The zero-order chi connectivity index (χ0) is 29.6. The van der Waals surface area contributed by atoms with E-state index in [2.05, 4.69) is 15.6 Å². The first-order valence-electron chi connectivity index (χ1n) is 14.7. The van der Waals surface area contributed by atoms with Gasteiger partial charge in [-0.15, -0.1) is 0 Å². The minimum Gasteiger partial charge on any atom is -0.446 e. The SMILES string of the molecule is CCOC(=O)OCN1N=C(Nc2nccc3c(COC4CCOC4)nn(C)c23)CC1C1CCC(OC(=O)NC(C)C)C1. The van der Waals surface area contributed by atoms with Crippen molar-refractivity contribution in [1.29, 1.82) is 0 Å². The van der Waals surface area contributed by atoms with Crippen molar-refractivity contribution in [3.8, 4) is 0 Å². The molecule has 14 nitrogen and oxygen atoms in total. The Labute approximate surface area is 245 Å². The number of aromatic nitrogens is 3. The van der Waals surface area contributed by atoms with Gasteiger partial charge in [0, 0.05) is 37.7 Å². The number of alkyl carbamates (subject to hydrolysis) is 1. The first-order chi connectivity index (χ1) is 20.3. The molecule has 3 aliphatic rings. The van der Waals surface area contributed by atoms with Crippen molar-refractivity contribution in [3.63, 3.8) is 0 Å². The molecule has 0 bridgehead atoms. The van der Waals surface area contributed by atoms with Crippen molar-refractivity contribution < 1.29 is 33.3 Å². The number of fused-ring (bicyclic) bond motifs is 1. The molecule has 4 heterocycles. The van der Waals surface area contributed by atoms with Gasteiger partial charge in [0.25, 0.3) is 0 Å². The van der Waals surface area contributed by atoms with Crippen LogP contribution in [0.25, 0.3) is 10.9 Å². The molecule has 2 fully saturated rings. The third-order valence-corrected chi connectivity index (χ3v) is 7.70. The number of nitrogens with one attached hydrogen (secondary N) is 2. The van der Waals surface area contributed by atoms with E-state index in [1.54, 1.807) is 22.8 Å². The van der Waals surface area contributed by atoms with E-state index in [-0.39, 0.29) is 43.5 Å². The molecule has 230 valence electrons. The Kier molecular flexibility index (Phi) is 9.62. The first-order valence-corrected chi connectivity index (χ1v) is 14.7. The summed E-state index contributed by atoms with van der Waals surface area (Å²) in [6, 6.07) is 1.88. The molecule has 0 aromatic carbocycles. The van der Waals surface area contributed by atoms with Crippen molar-refractivity contribution in [2.24, 2.45) is 18.1 Å². The van der Waals surface area contributed by atoms with Crippen molar-refractivity contribution in [3.05, 3.63) is 18.0 Å². The Morgan fingerprint density at radius 2 is 2.05 bits per heavy atom. The minimum atomic E-state index is -0.744. The van der Waals surface area contributed by atoms with Crippen LogP contribution in [0.2, 0.25) is 0 Å². The lowest BCUT2D eigenvalue weighted by atomic mass is 9.95. The fraction of sp³-hybridized carbons (Fsp3) is 0.679. The molecule has 5 rings (SSSR count). The maximum Gasteiger partial charge on any atom is 0.510 e. The molecule has 2 aromatic heterocycles. The van der Waals surface area contributed by atoms with E-state index in [9.17, 15) is 9.59 Å². The second-order valence-corrected chi connectivity index (χ2v) is 11.2. The monoisotopic (exact) mass is 587 g/mol. The molecular formula is C28H41N7O7. The molecule has 4 atom stereocenters. The fourth-order valence-corrected chi connectivity index (χ4v) is 5.79. The molecule has 0 radical (unpaired) electrons. The lowest BCUT2D eigenvalue weighted by molar-refractivity contribution is -0.00353. The van der Waals surface area contributed by atoms with Crippen LogP contribution in [0.4, 0.5) is 15.4 Å². The predicted octanol–water partition coefficient (Wildman–Crippen LogP) is 3.51. The third kappa shape index (κ3) is 7.21. The minimum absolute atomic E-state index is 0.00470. The van der Waals surface area contributed by atoms with Crippen molar-refractivity contribution in [2.45, 2.75) is 83.8 Å². The van der Waals surface area contributed by atoms with Gasteiger partial charge < -0.3 is 34.3 Å². The number of rotatable bonds is 10. The molecule has 1 aliphatic carbocycles. The van der Waals surface area contributed by atoms with E-state index in [1.165, 1.54) is 0 Å². The van der Waals surface area contributed by atoms with Gasteiger partial charge in [-0.2, -0.15) is 10.2 Å². The maximum absolute atomic E-state index is 12.2. The molecular weight excluding hydrogens is 546 g/mol. The number of anilines is 1. The summed E-state index contributed by atoms with van der Waals surface area (Å²) >= 11 is 0. The lowest BCUT2D eigenvalue weighted by Crippen LogP contribution is -2.36. The zero-order valence-electron chi connectivity index (χ0n) is 24.7. The topological polar surface area (TPSA) is 151 Å². The van der Waals surface area contributed by atoms with E-state index < -0.39 is 12.2 Å². The van der Waals surface area contributed by atoms with E-state index >= 15 is 0 Å². The summed E-state index contributed by atoms with van der Waals surface area (Å²) in [6.07, 6.45) is 4.27. The van der Waals surface area contributed by atoms with Crippen molar-refractivity contribution in [1.82, 2.24) is 25.1 Å². The average Bonchev–Trinajstić information content (AvgIpc) is 3.74. The number of hydrogen-bond donors (Lipinski definition) is 2. The highest BCUT2D eigenvalue weighted by Crippen LogP contribution is 2.37. The molecule has 2 aromatic rings. The van der Waals surface area contributed by atoms with Gasteiger partial charge in [-0.3, -0.25) is 9.69 Å². The van der Waals surface area contributed by atoms with Gasteiger partial charge in [0.1, 0.15) is 17.5 Å². The highest BCUT2D eigenvalue weighted by molar-refractivity contribution is 6.02. The van der Waals surface area contributed by atoms with Crippen LogP contribution in [0.5, 0.6) is 0 Å². The summed E-state index contributed by atoms with van der Waals surface area (Å²) in [5.41, 5.74) is 1.67. The molecule has 2 N–H and O–H groups in total. The number of nitrogens with zero attached hydrogens (tertiary/aromatic N) is 5. The van der Waals surface area contributed by atoms with E-state index in [1.807, 2.05) is 27.0 Å². The molecule has 0 spiro atoms. The molecule has 1 saturated heterocycles. The van der Waals surface area contributed by atoms with Crippen LogP contribution in [-0.2, 0) is 37.3 Å². The van der Waals surface area contributed by atoms with E-state index in [0.717, 1.165) is 42.5 Å². The van der Waals surface area contributed by atoms with Gasteiger partial charge in [0.05, 0.1) is 37.7 Å². The smallest absolute Gasteiger partial charge is 0.446 e.